The molecule has 0 radical (unpaired) electrons. The van der Waals surface area contributed by atoms with Crippen molar-refractivity contribution in [2.24, 2.45) is 11.8 Å². The molecule has 1 spiro atoms. The van der Waals surface area contributed by atoms with Crippen LogP contribution in [0.15, 0.2) is 24.5 Å². The molecule has 6 nitrogen and oxygen atoms in total. The number of ether oxygens (including phenoxy) is 1. The summed E-state index contributed by atoms with van der Waals surface area (Å²) in [5.41, 5.74) is 2.52. The van der Waals surface area contributed by atoms with Gasteiger partial charge in [0.25, 0.3) is 5.91 Å². The van der Waals surface area contributed by atoms with Crippen molar-refractivity contribution in [2.75, 3.05) is 26.2 Å². The fourth-order valence-corrected chi connectivity index (χ4v) is 5.44. The van der Waals surface area contributed by atoms with Gasteiger partial charge in [0.15, 0.2) is 0 Å². The second-order valence-corrected chi connectivity index (χ2v) is 8.11. The lowest BCUT2D eigenvalue weighted by Crippen LogP contribution is -2.41. The van der Waals surface area contributed by atoms with Gasteiger partial charge in [-0.3, -0.25) is 4.79 Å². The van der Waals surface area contributed by atoms with E-state index >= 15 is 0 Å². The molecule has 4 heterocycles. The summed E-state index contributed by atoms with van der Waals surface area (Å²) in [5.74, 6) is 0.982. The Morgan fingerprint density at radius 2 is 2.42 bits per heavy atom. The van der Waals surface area contributed by atoms with E-state index in [-0.39, 0.29) is 11.5 Å². The number of rotatable bonds is 5. The average Bonchev–Trinajstić information content (AvgIpc) is 3.38. The summed E-state index contributed by atoms with van der Waals surface area (Å²) in [5, 5.41) is 3.17. The molecule has 0 unspecified atom stereocenters. The van der Waals surface area contributed by atoms with E-state index in [0.29, 0.717) is 30.0 Å². The highest BCUT2D eigenvalue weighted by Crippen LogP contribution is 2.54. The number of carbonyl (C=O) groups excluding carboxylic acids is 1. The molecule has 138 valence electrons. The summed E-state index contributed by atoms with van der Waals surface area (Å²) in [7, 11) is 0. The smallest absolute Gasteiger partial charge is 0.251 e. The number of hydrogen-bond acceptors (Lipinski definition) is 4. The first-order valence-electron chi connectivity index (χ1n) is 9.80. The highest BCUT2D eigenvalue weighted by molar-refractivity contribution is 5.97. The lowest BCUT2D eigenvalue weighted by Gasteiger charge is -2.29. The molecule has 3 aliphatic rings. The number of aromatic nitrogens is 2. The van der Waals surface area contributed by atoms with E-state index in [1.807, 2.05) is 18.2 Å². The molecule has 1 aromatic carbocycles. The summed E-state index contributed by atoms with van der Waals surface area (Å²) in [6.45, 7) is 6.28. The van der Waals surface area contributed by atoms with E-state index < -0.39 is 0 Å². The minimum atomic E-state index is -0.0123. The van der Waals surface area contributed by atoms with E-state index in [1.54, 1.807) is 6.33 Å². The van der Waals surface area contributed by atoms with Crippen molar-refractivity contribution in [1.82, 2.24) is 20.2 Å². The first kappa shape index (κ1) is 16.3. The van der Waals surface area contributed by atoms with Gasteiger partial charge in [-0.15, -0.1) is 0 Å². The summed E-state index contributed by atoms with van der Waals surface area (Å²) >= 11 is 0. The van der Waals surface area contributed by atoms with Crippen LogP contribution in [-0.4, -0.2) is 58.7 Å². The first-order valence-corrected chi connectivity index (χ1v) is 9.80. The SMILES string of the molecule is CCCN1C[C@@H]2[C@H](CNC(=O)c3ccc4nc[nH]c4c3)[C@H]3CC[C@]2(C1)O3. The number of aromatic amines is 1. The lowest BCUT2D eigenvalue weighted by atomic mass is 9.73. The van der Waals surface area contributed by atoms with Gasteiger partial charge < -0.3 is 19.9 Å². The van der Waals surface area contributed by atoms with Crippen LogP contribution in [0.1, 0.15) is 36.5 Å². The number of benzene rings is 1. The predicted molar refractivity (Wildman–Crippen MR) is 99.0 cm³/mol. The maximum absolute atomic E-state index is 12.6. The number of likely N-dealkylation sites (tertiary alicyclic amines) is 1. The summed E-state index contributed by atoms with van der Waals surface area (Å²) in [6.07, 6.45) is 5.48. The molecular weight excluding hydrogens is 328 g/mol. The second-order valence-electron chi connectivity index (χ2n) is 8.11. The zero-order valence-electron chi connectivity index (χ0n) is 15.2. The monoisotopic (exact) mass is 354 g/mol. The Morgan fingerprint density at radius 3 is 3.31 bits per heavy atom. The van der Waals surface area contributed by atoms with Crippen molar-refractivity contribution < 1.29 is 9.53 Å². The van der Waals surface area contributed by atoms with Crippen molar-refractivity contribution in [3.8, 4) is 0 Å². The molecule has 1 aromatic heterocycles. The van der Waals surface area contributed by atoms with Gasteiger partial charge in [-0.05, 0) is 44.0 Å². The van der Waals surface area contributed by atoms with E-state index in [1.165, 1.54) is 12.8 Å². The van der Waals surface area contributed by atoms with Gasteiger partial charge in [-0.2, -0.15) is 0 Å². The Labute approximate surface area is 153 Å². The van der Waals surface area contributed by atoms with Crippen LogP contribution in [0.5, 0.6) is 0 Å². The standard InChI is InChI=1S/C20H26N4O2/c1-2-7-24-10-15-14(18-5-6-20(15,11-24)26-18)9-21-19(25)13-3-4-16-17(8-13)23-12-22-16/h3-4,8,12,14-15,18H,2,5-7,9-11H2,1H3,(H,21,25)(H,22,23)/t14-,15+,18+,20+/m0/s1. The van der Waals surface area contributed by atoms with Crippen molar-refractivity contribution in [1.29, 1.82) is 0 Å². The molecule has 2 aromatic rings. The second kappa shape index (κ2) is 6.06. The average molecular weight is 354 g/mol. The maximum atomic E-state index is 12.6. The van der Waals surface area contributed by atoms with Crippen LogP contribution >= 0.6 is 0 Å². The third kappa shape index (κ3) is 2.47. The van der Waals surface area contributed by atoms with Gasteiger partial charge in [0.2, 0.25) is 0 Å². The molecule has 2 N–H and O–H groups in total. The van der Waals surface area contributed by atoms with Crippen LogP contribution in [-0.2, 0) is 4.74 Å². The number of hydrogen-bond donors (Lipinski definition) is 2. The number of nitrogens with one attached hydrogen (secondary N) is 2. The van der Waals surface area contributed by atoms with Crippen LogP contribution < -0.4 is 5.32 Å². The molecular formula is C20H26N4O2. The van der Waals surface area contributed by atoms with Gasteiger partial charge >= 0.3 is 0 Å². The number of carbonyl (C=O) groups is 1. The third-order valence-corrected chi connectivity index (χ3v) is 6.57. The van der Waals surface area contributed by atoms with Crippen LogP contribution in [0.3, 0.4) is 0 Å². The van der Waals surface area contributed by atoms with Crippen molar-refractivity contribution in [2.45, 2.75) is 37.9 Å². The van der Waals surface area contributed by atoms with Crippen molar-refractivity contribution in [3.05, 3.63) is 30.1 Å². The molecule has 2 bridgehead atoms. The fourth-order valence-electron chi connectivity index (χ4n) is 5.44. The largest absolute Gasteiger partial charge is 0.370 e. The van der Waals surface area contributed by atoms with Crippen LogP contribution in [0.25, 0.3) is 11.0 Å². The summed E-state index contributed by atoms with van der Waals surface area (Å²) in [6, 6.07) is 5.60. The zero-order valence-corrected chi connectivity index (χ0v) is 15.2. The van der Waals surface area contributed by atoms with E-state index in [4.69, 9.17) is 4.74 Å². The molecule has 3 aliphatic heterocycles. The van der Waals surface area contributed by atoms with Crippen LogP contribution in [0.2, 0.25) is 0 Å². The Bertz CT molecular complexity index is 834. The predicted octanol–water partition coefficient (Wildman–Crippen LogP) is 2.18. The number of H-pyrrole nitrogens is 1. The molecule has 5 rings (SSSR count). The Kier molecular flexibility index (Phi) is 3.79. The molecule has 3 saturated heterocycles. The summed E-state index contributed by atoms with van der Waals surface area (Å²) < 4.78 is 6.45. The highest BCUT2D eigenvalue weighted by Gasteiger charge is 2.62. The third-order valence-electron chi connectivity index (χ3n) is 6.57. The molecule has 1 amide bonds. The lowest BCUT2D eigenvalue weighted by molar-refractivity contribution is 0.00279. The minimum absolute atomic E-state index is 0.0123. The maximum Gasteiger partial charge on any atom is 0.251 e. The number of fused-ring (bicyclic) bond motifs is 2. The molecule has 0 saturated carbocycles. The zero-order chi connectivity index (χ0) is 17.7. The minimum Gasteiger partial charge on any atom is -0.370 e. The number of nitrogens with zero attached hydrogens (tertiary/aromatic N) is 2. The Morgan fingerprint density at radius 1 is 1.50 bits per heavy atom. The molecule has 26 heavy (non-hydrogen) atoms. The Balaban J connectivity index is 1.27. The van der Waals surface area contributed by atoms with Gasteiger partial charge in [0.05, 0.1) is 29.1 Å². The first-order chi connectivity index (χ1) is 12.7. The van der Waals surface area contributed by atoms with Gasteiger partial charge in [0, 0.05) is 37.0 Å². The fraction of sp³-hybridized carbons (Fsp3) is 0.600. The van der Waals surface area contributed by atoms with Gasteiger partial charge in [-0.1, -0.05) is 6.92 Å². The van der Waals surface area contributed by atoms with E-state index in [9.17, 15) is 4.79 Å². The van der Waals surface area contributed by atoms with Crippen molar-refractivity contribution >= 4 is 16.9 Å². The van der Waals surface area contributed by atoms with Crippen LogP contribution in [0, 0.1) is 11.8 Å². The molecule has 0 aliphatic carbocycles. The highest BCUT2D eigenvalue weighted by atomic mass is 16.5. The number of amides is 1. The molecule has 3 fully saturated rings. The Hall–Kier alpha value is -1.92. The van der Waals surface area contributed by atoms with Crippen LogP contribution in [0.4, 0.5) is 0 Å². The van der Waals surface area contributed by atoms with Gasteiger partial charge in [-0.25, -0.2) is 4.98 Å². The molecule has 6 heteroatoms. The van der Waals surface area contributed by atoms with Crippen molar-refractivity contribution in [3.63, 3.8) is 0 Å². The topological polar surface area (TPSA) is 70.2 Å². The van der Waals surface area contributed by atoms with E-state index in [0.717, 1.165) is 37.1 Å². The van der Waals surface area contributed by atoms with Gasteiger partial charge in [0.1, 0.15) is 0 Å². The normalized spacial score (nSPS) is 33.0. The summed E-state index contributed by atoms with van der Waals surface area (Å²) in [4.78, 5) is 22.4. The number of imidazole rings is 1. The quantitative estimate of drug-likeness (QED) is 0.863. The van der Waals surface area contributed by atoms with E-state index in [2.05, 4.69) is 27.1 Å². The molecule has 4 atom stereocenters.